The smallest absolute Gasteiger partial charge is 0.340 e. The summed E-state index contributed by atoms with van der Waals surface area (Å²) in [5.74, 6) is -0.688. The summed E-state index contributed by atoms with van der Waals surface area (Å²) in [5, 5.41) is 2.61. The molecule has 20 heavy (non-hydrogen) atoms. The minimum Gasteiger partial charge on any atom is -0.457 e. The maximum absolute atomic E-state index is 12.0. The predicted molar refractivity (Wildman–Crippen MR) is 76.3 cm³/mol. The van der Waals surface area contributed by atoms with Gasteiger partial charge in [0.25, 0.3) is 0 Å². The van der Waals surface area contributed by atoms with Gasteiger partial charge in [0.2, 0.25) is 5.91 Å². The number of hydrogen-bond acceptors (Lipinski definition) is 3. The Morgan fingerprint density at radius 3 is 2.35 bits per heavy atom. The van der Waals surface area contributed by atoms with Crippen molar-refractivity contribution in [1.29, 1.82) is 0 Å². The van der Waals surface area contributed by atoms with Gasteiger partial charge >= 0.3 is 5.97 Å². The van der Waals surface area contributed by atoms with Crippen LogP contribution in [0.5, 0.6) is 0 Å². The van der Waals surface area contributed by atoms with Crippen LogP contribution in [-0.2, 0) is 16.1 Å². The maximum atomic E-state index is 12.0. The summed E-state index contributed by atoms with van der Waals surface area (Å²) in [7, 11) is 0. The van der Waals surface area contributed by atoms with Crippen molar-refractivity contribution in [1.82, 2.24) is 0 Å². The first-order valence-electron chi connectivity index (χ1n) is 6.24. The number of ether oxygens (including phenoxy) is 1. The minimum absolute atomic E-state index is 0.202. The van der Waals surface area contributed by atoms with Crippen molar-refractivity contribution in [3.8, 4) is 0 Å². The molecule has 2 rings (SSSR count). The first kappa shape index (κ1) is 13.8. The molecule has 0 atom stereocenters. The SMILES string of the molecule is CC(=O)Nc1ccccc1C(=O)OCc1ccccc1. The van der Waals surface area contributed by atoms with Crippen molar-refractivity contribution < 1.29 is 14.3 Å². The second kappa shape index (κ2) is 6.52. The molecule has 0 saturated carbocycles. The van der Waals surface area contributed by atoms with Gasteiger partial charge < -0.3 is 10.1 Å². The molecule has 1 N–H and O–H groups in total. The molecule has 0 aliphatic heterocycles. The largest absolute Gasteiger partial charge is 0.457 e. The van der Waals surface area contributed by atoms with Crippen molar-refractivity contribution in [2.75, 3.05) is 5.32 Å². The lowest BCUT2D eigenvalue weighted by Crippen LogP contribution is -2.12. The Morgan fingerprint density at radius 2 is 1.65 bits per heavy atom. The summed E-state index contributed by atoms with van der Waals surface area (Å²) >= 11 is 0. The quantitative estimate of drug-likeness (QED) is 0.868. The molecule has 0 aliphatic rings. The number of esters is 1. The third kappa shape index (κ3) is 3.68. The van der Waals surface area contributed by atoms with Crippen LogP contribution in [0.2, 0.25) is 0 Å². The van der Waals surface area contributed by atoms with E-state index in [2.05, 4.69) is 5.32 Å². The third-order valence-corrected chi connectivity index (χ3v) is 2.67. The number of carbonyl (C=O) groups excluding carboxylic acids is 2. The van der Waals surface area contributed by atoms with Crippen molar-refractivity contribution in [3.05, 3.63) is 65.7 Å². The van der Waals surface area contributed by atoms with Crippen LogP contribution < -0.4 is 5.32 Å². The number of amides is 1. The van der Waals surface area contributed by atoms with Crippen molar-refractivity contribution in [2.24, 2.45) is 0 Å². The van der Waals surface area contributed by atoms with Gasteiger partial charge in [-0.2, -0.15) is 0 Å². The molecule has 0 bridgehead atoms. The lowest BCUT2D eigenvalue weighted by atomic mass is 10.1. The minimum atomic E-state index is -0.460. The highest BCUT2D eigenvalue weighted by atomic mass is 16.5. The Kier molecular flexibility index (Phi) is 4.50. The van der Waals surface area contributed by atoms with E-state index < -0.39 is 5.97 Å². The van der Waals surface area contributed by atoms with Crippen LogP contribution in [0.1, 0.15) is 22.8 Å². The fraction of sp³-hybridized carbons (Fsp3) is 0.125. The standard InChI is InChI=1S/C16H15NO3/c1-12(18)17-15-10-6-5-9-14(15)16(19)20-11-13-7-3-2-4-8-13/h2-10H,11H2,1H3,(H,17,18). The Hall–Kier alpha value is -2.62. The molecule has 102 valence electrons. The number of benzene rings is 2. The van der Waals surface area contributed by atoms with Crippen LogP contribution in [-0.4, -0.2) is 11.9 Å². The Morgan fingerprint density at radius 1 is 1.00 bits per heavy atom. The Labute approximate surface area is 117 Å². The van der Waals surface area contributed by atoms with Crippen molar-refractivity contribution in [3.63, 3.8) is 0 Å². The maximum Gasteiger partial charge on any atom is 0.340 e. The zero-order valence-corrected chi connectivity index (χ0v) is 11.1. The lowest BCUT2D eigenvalue weighted by molar-refractivity contribution is -0.114. The molecule has 2 aromatic rings. The second-order valence-corrected chi connectivity index (χ2v) is 4.29. The highest BCUT2D eigenvalue weighted by Gasteiger charge is 2.13. The van der Waals surface area contributed by atoms with Crippen LogP contribution in [0.3, 0.4) is 0 Å². The van der Waals surface area contributed by atoms with E-state index in [0.29, 0.717) is 11.3 Å². The summed E-state index contributed by atoms with van der Waals surface area (Å²) in [5.41, 5.74) is 1.72. The number of para-hydroxylation sites is 1. The van der Waals surface area contributed by atoms with Gasteiger partial charge in [0.1, 0.15) is 6.61 Å². The van der Waals surface area contributed by atoms with Gasteiger partial charge in [-0.25, -0.2) is 4.79 Å². The molecule has 4 heteroatoms. The number of anilines is 1. The van der Waals surface area contributed by atoms with Crippen LogP contribution in [0.4, 0.5) is 5.69 Å². The molecule has 1 amide bonds. The molecule has 0 heterocycles. The molecule has 4 nitrogen and oxygen atoms in total. The zero-order chi connectivity index (χ0) is 14.4. The van der Waals surface area contributed by atoms with E-state index in [1.807, 2.05) is 30.3 Å². The number of rotatable bonds is 4. The van der Waals surface area contributed by atoms with Crippen molar-refractivity contribution in [2.45, 2.75) is 13.5 Å². The van der Waals surface area contributed by atoms with E-state index in [4.69, 9.17) is 4.74 Å². The summed E-state index contributed by atoms with van der Waals surface area (Å²) in [6.45, 7) is 1.60. The van der Waals surface area contributed by atoms with E-state index in [0.717, 1.165) is 5.56 Å². The highest BCUT2D eigenvalue weighted by molar-refractivity contribution is 6.00. The zero-order valence-electron chi connectivity index (χ0n) is 11.1. The fourth-order valence-electron chi connectivity index (χ4n) is 1.76. The number of hydrogen-bond donors (Lipinski definition) is 1. The van der Waals surface area contributed by atoms with Crippen LogP contribution in [0, 0.1) is 0 Å². The highest BCUT2D eigenvalue weighted by Crippen LogP contribution is 2.16. The molecule has 0 aromatic heterocycles. The van der Waals surface area contributed by atoms with Crippen LogP contribution in [0.15, 0.2) is 54.6 Å². The average Bonchev–Trinajstić information content (AvgIpc) is 2.46. The molecule has 0 radical (unpaired) electrons. The van der Waals surface area contributed by atoms with Gasteiger partial charge in [-0.3, -0.25) is 4.79 Å². The molecular weight excluding hydrogens is 254 g/mol. The normalized spacial score (nSPS) is 9.85. The van der Waals surface area contributed by atoms with Gasteiger partial charge in [-0.05, 0) is 17.7 Å². The van der Waals surface area contributed by atoms with E-state index in [1.165, 1.54) is 6.92 Å². The average molecular weight is 269 g/mol. The molecule has 0 saturated heterocycles. The second-order valence-electron chi connectivity index (χ2n) is 4.29. The first-order valence-corrected chi connectivity index (χ1v) is 6.24. The first-order chi connectivity index (χ1) is 9.66. The van der Waals surface area contributed by atoms with Gasteiger partial charge in [0.15, 0.2) is 0 Å². The monoisotopic (exact) mass is 269 g/mol. The summed E-state index contributed by atoms with van der Waals surface area (Å²) in [4.78, 5) is 23.2. The Balaban J connectivity index is 2.07. The number of nitrogens with one attached hydrogen (secondary N) is 1. The lowest BCUT2D eigenvalue weighted by Gasteiger charge is -2.09. The van der Waals surface area contributed by atoms with Crippen molar-refractivity contribution >= 4 is 17.6 Å². The van der Waals surface area contributed by atoms with Gasteiger partial charge in [0.05, 0.1) is 11.3 Å². The van der Waals surface area contributed by atoms with E-state index in [1.54, 1.807) is 24.3 Å². The molecule has 2 aromatic carbocycles. The van der Waals surface area contributed by atoms with E-state index >= 15 is 0 Å². The summed E-state index contributed by atoms with van der Waals surface area (Å²) in [6, 6.07) is 16.2. The fourth-order valence-corrected chi connectivity index (χ4v) is 1.76. The molecule has 0 spiro atoms. The molecule has 0 aliphatic carbocycles. The predicted octanol–water partition coefficient (Wildman–Crippen LogP) is 3.00. The van der Waals surface area contributed by atoms with Gasteiger partial charge in [-0.15, -0.1) is 0 Å². The number of carbonyl (C=O) groups is 2. The summed E-state index contributed by atoms with van der Waals surface area (Å²) < 4.78 is 5.25. The van der Waals surface area contributed by atoms with Crippen LogP contribution >= 0.6 is 0 Å². The Bertz CT molecular complexity index is 608. The van der Waals surface area contributed by atoms with Crippen LogP contribution in [0.25, 0.3) is 0 Å². The molecule has 0 fully saturated rings. The van der Waals surface area contributed by atoms with E-state index in [9.17, 15) is 9.59 Å². The van der Waals surface area contributed by atoms with Gasteiger partial charge in [0, 0.05) is 6.92 Å². The third-order valence-electron chi connectivity index (χ3n) is 2.67. The van der Waals surface area contributed by atoms with Gasteiger partial charge in [-0.1, -0.05) is 42.5 Å². The van der Waals surface area contributed by atoms with E-state index in [-0.39, 0.29) is 12.5 Å². The summed E-state index contributed by atoms with van der Waals surface area (Å²) in [6.07, 6.45) is 0. The molecule has 0 unspecified atom stereocenters. The topological polar surface area (TPSA) is 55.4 Å². The molecular formula is C16H15NO3.